The van der Waals surface area contributed by atoms with E-state index < -0.39 is 22.4 Å². The normalized spacial score (nSPS) is 14.7. The Morgan fingerprint density at radius 3 is 2.92 bits per heavy atom. The van der Waals surface area contributed by atoms with E-state index in [-0.39, 0.29) is 18.8 Å². The first-order chi connectivity index (χ1) is 18.3. The molecule has 3 heterocycles. The number of thiophene rings is 2. The van der Waals surface area contributed by atoms with Crippen LogP contribution in [0.15, 0.2) is 40.8 Å². The highest BCUT2D eigenvalue weighted by Crippen LogP contribution is 2.40. The summed E-state index contributed by atoms with van der Waals surface area (Å²) < 4.78 is 6.47. The number of anilines is 1. The van der Waals surface area contributed by atoms with Crippen LogP contribution in [0.5, 0.6) is 0 Å². The number of benzene rings is 1. The maximum absolute atomic E-state index is 13.4. The van der Waals surface area contributed by atoms with Crippen molar-refractivity contribution in [2.24, 2.45) is 5.92 Å². The second-order valence-electron chi connectivity index (χ2n) is 9.14. The van der Waals surface area contributed by atoms with Crippen LogP contribution in [0.25, 0.3) is 21.3 Å². The van der Waals surface area contributed by atoms with Gasteiger partial charge in [-0.2, -0.15) is 0 Å². The van der Waals surface area contributed by atoms with Crippen LogP contribution in [-0.2, 0) is 28.9 Å². The number of non-ortho nitro benzene ring substituents is 1. The summed E-state index contributed by atoms with van der Waals surface area (Å²) in [6.45, 7) is 3.81. The minimum absolute atomic E-state index is 0.0871. The molecule has 1 unspecified atom stereocenters. The van der Waals surface area contributed by atoms with Crippen LogP contribution in [0, 0.1) is 16.0 Å². The number of nitro benzene ring substituents is 1. The monoisotopic (exact) mass is 552 g/mol. The fraction of sp³-hybridized carbons (Fsp3) is 0.308. The summed E-state index contributed by atoms with van der Waals surface area (Å²) in [7, 11) is 0. The van der Waals surface area contributed by atoms with E-state index in [9.17, 15) is 24.5 Å². The van der Waals surface area contributed by atoms with Gasteiger partial charge in [-0.1, -0.05) is 19.1 Å². The first kappa shape index (κ1) is 25.7. The zero-order chi connectivity index (χ0) is 27.0. The summed E-state index contributed by atoms with van der Waals surface area (Å²) in [5, 5.41) is 16.5. The van der Waals surface area contributed by atoms with Crippen LogP contribution in [0.1, 0.15) is 41.1 Å². The van der Waals surface area contributed by atoms with Crippen molar-refractivity contribution in [2.45, 2.75) is 39.7 Å². The van der Waals surface area contributed by atoms with Gasteiger partial charge in [-0.05, 0) is 43.2 Å². The number of aromatic nitrogens is 2. The summed E-state index contributed by atoms with van der Waals surface area (Å²) in [6, 6.07) is 6.03. The molecule has 3 aromatic heterocycles. The van der Waals surface area contributed by atoms with Gasteiger partial charge in [0.25, 0.3) is 11.2 Å². The second kappa shape index (κ2) is 10.5. The molecular weight excluding hydrogens is 528 g/mol. The third-order valence-corrected chi connectivity index (χ3v) is 8.54. The fourth-order valence-corrected chi connectivity index (χ4v) is 6.98. The third kappa shape index (κ3) is 4.84. The van der Waals surface area contributed by atoms with E-state index in [0.717, 1.165) is 29.7 Å². The van der Waals surface area contributed by atoms with Gasteiger partial charge >= 0.3 is 5.97 Å². The molecule has 4 aromatic rings. The predicted octanol–water partition coefficient (Wildman–Crippen LogP) is 5.03. The Balaban J connectivity index is 1.45. The van der Waals surface area contributed by atoms with Gasteiger partial charge in [0.2, 0.25) is 5.91 Å². The third-order valence-electron chi connectivity index (χ3n) is 6.49. The van der Waals surface area contributed by atoms with Crippen LogP contribution >= 0.6 is 22.7 Å². The molecule has 1 atom stereocenters. The predicted molar refractivity (Wildman–Crippen MR) is 146 cm³/mol. The topological polar surface area (TPSA) is 133 Å². The lowest BCUT2D eigenvalue weighted by atomic mass is 9.88. The summed E-state index contributed by atoms with van der Waals surface area (Å²) in [4.78, 5) is 55.8. The first-order valence-corrected chi connectivity index (χ1v) is 13.8. The van der Waals surface area contributed by atoms with Gasteiger partial charge in [0.15, 0.2) is 0 Å². The van der Waals surface area contributed by atoms with Crippen molar-refractivity contribution in [1.29, 1.82) is 0 Å². The van der Waals surface area contributed by atoms with E-state index >= 15 is 0 Å². The molecule has 1 aliphatic rings. The quantitative estimate of drug-likeness (QED) is 0.193. The first-order valence-electron chi connectivity index (χ1n) is 12.1. The molecule has 0 saturated carbocycles. The minimum Gasteiger partial charge on any atom is -0.462 e. The number of fused-ring (bicyclic) bond motifs is 2. The average molecular weight is 553 g/mol. The Hall–Kier alpha value is -3.90. The zero-order valence-electron chi connectivity index (χ0n) is 20.7. The Labute approximate surface area is 225 Å². The number of rotatable bonds is 7. The Morgan fingerprint density at radius 2 is 2.16 bits per heavy atom. The molecule has 1 aliphatic carbocycles. The van der Waals surface area contributed by atoms with Crippen molar-refractivity contribution >= 4 is 55.5 Å². The lowest BCUT2D eigenvalue weighted by molar-refractivity contribution is -0.384. The van der Waals surface area contributed by atoms with E-state index in [0.29, 0.717) is 37.8 Å². The summed E-state index contributed by atoms with van der Waals surface area (Å²) >= 11 is 2.63. The van der Waals surface area contributed by atoms with E-state index in [1.165, 1.54) is 45.7 Å². The lowest BCUT2D eigenvalue weighted by Crippen LogP contribution is -2.28. The highest BCUT2D eigenvalue weighted by Gasteiger charge is 2.29. The molecule has 1 amide bonds. The van der Waals surface area contributed by atoms with Gasteiger partial charge in [0.1, 0.15) is 16.4 Å². The number of esters is 1. The molecule has 1 N–H and O–H groups in total. The van der Waals surface area contributed by atoms with Crippen LogP contribution < -0.4 is 10.9 Å². The SMILES string of the molecule is CCOC(=O)c1c(NC(=O)Cn2cnc3scc(-c4cccc([N+](=O)[O-])c4)c3c2=O)sc2c1CCC(C)C2. The van der Waals surface area contributed by atoms with Gasteiger partial charge in [-0.3, -0.25) is 24.3 Å². The summed E-state index contributed by atoms with van der Waals surface area (Å²) in [6.07, 6.45) is 3.85. The lowest BCUT2D eigenvalue weighted by Gasteiger charge is -2.18. The molecule has 10 nitrogen and oxygen atoms in total. The number of nitrogens with one attached hydrogen (secondary N) is 1. The average Bonchev–Trinajstić information content (AvgIpc) is 3.47. The minimum atomic E-state index is -0.493. The number of carbonyl (C=O) groups is 2. The number of carbonyl (C=O) groups excluding carboxylic acids is 2. The van der Waals surface area contributed by atoms with E-state index in [1.54, 1.807) is 24.4 Å². The van der Waals surface area contributed by atoms with Crippen molar-refractivity contribution in [2.75, 3.05) is 11.9 Å². The molecule has 0 spiro atoms. The van der Waals surface area contributed by atoms with Crippen molar-refractivity contribution in [1.82, 2.24) is 9.55 Å². The van der Waals surface area contributed by atoms with E-state index in [2.05, 4.69) is 17.2 Å². The number of nitrogens with zero attached hydrogens (tertiary/aromatic N) is 3. The van der Waals surface area contributed by atoms with Gasteiger partial charge < -0.3 is 10.1 Å². The molecule has 12 heteroatoms. The molecule has 0 fully saturated rings. The smallest absolute Gasteiger partial charge is 0.341 e. The summed E-state index contributed by atoms with van der Waals surface area (Å²) in [5.41, 5.74) is 1.85. The highest BCUT2D eigenvalue weighted by molar-refractivity contribution is 7.17. The highest BCUT2D eigenvalue weighted by atomic mass is 32.1. The molecule has 1 aromatic carbocycles. The standard InChI is InChI=1S/C26H24N4O6S2/c1-3-36-26(33)22-17-8-7-14(2)9-19(17)38-24(22)28-20(31)11-29-13-27-23-21(25(29)32)18(12-37-23)15-5-4-6-16(10-15)30(34)35/h4-6,10,12-14H,3,7-9,11H2,1-2H3,(H,28,31). The van der Waals surface area contributed by atoms with Gasteiger partial charge in [0, 0.05) is 28.0 Å². The van der Waals surface area contributed by atoms with Crippen LogP contribution in [0.3, 0.4) is 0 Å². The molecule has 0 aliphatic heterocycles. The van der Waals surface area contributed by atoms with Crippen molar-refractivity contribution in [3.8, 4) is 11.1 Å². The number of hydrogen-bond donors (Lipinski definition) is 1. The molecule has 0 saturated heterocycles. The van der Waals surface area contributed by atoms with E-state index in [1.807, 2.05) is 0 Å². The van der Waals surface area contributed by atoms with Crippen LogP contribution in [0.4, 0.5) is 10.7 Å². The van der Waals surface area contributed by atoms with Crippen LogP contribution in [0.2, 0.25) is 0 Å². The fourth-order valence-electron chi connectivity index (χ4n) is 4.66. The number of amides is 1. The molecule has 38 heavy (non-hydrogen) atoms. The van der Waals surface area contributed by atoms with Gasteiger partial charge in [-0.25, -0.2) is 9.78 Å². The largest absolute Gasteiger partial charge is 0.462 e. The maximum atomic E-state index is 13.4. The molecule has 0 radical (unpaired) electrons. The van der Waals surface area contributed by atoms with E-state index in [4.69, 9.17) is 4.74 Å². The molecule has 5 rings (SSSR count). The van der Waals surface area contributed by atoms with Gasteiger partial charge in [0.05, 0.1) is 28.8 Å². The maximum Gasteiger partial charge on any atom is 0.341 e. The zero-order valence-corrected chi connectivity index (χ0v) is 22.3. The van der Waals surface area contributed by atoms with Crippen molar-refractivity contribution in [3.63, 3.8) is 0 Å². The Bertz CT molecular complexity index is 1640. The molecule has 196 valence electrons. The van der Waals surface area contributed by atoms with Crippen molar-refractivity contribution < 1.29 is 19.2 Å². The van der Waals surface area contributed by atoms with Gasteiger partial charge in [-0.15, -0.1) is 22.7 Å². The second-order valence-corrected chi connectivity index (χ2v) is 11.1. The van der Waals surface area contributed by atoms with Crippen LogP contribution in [-0.4, -0.2) is 33.0 Å². The Kier molecular flexibility index (Phi) is 7.09. The summed E-state index contributed by atoms with van der Waals surface area (Å²) in [5.74, 6) is -0.450. The Morgan fingerprint density at radius 1 is 1.34 bits per heavy atom. The molecular formula is C26H24N4O6S2. The number of hydrogen-bond acceptors (Lipinski definition) is 9. The number of ether oxygens (including phenoxy) is 1. The molecule has 0 bridgehead atoms. The number of nitro groups is 1. The van der Waals surface area contributed by atoms with Crippen molar-refractivity contribution in [3.05, 3.63) is 72.4 Å².